The van der Waals surface area contributed by atoms with Crippen molar-refractivity contribution < 1.29 is 9.53 Å². The highest BCUT2D eigenvalue weighted by Crippen LogP contribution is 2.10. The SMILES string of the molecule is CCCNc1ccc(C(=O)N2CCCOCC2)nc1. The second kappa shape index (κ2) is 7.09. The molecule has 0 spiro atoms. The molecule has 2 rings (SSSR count). The number of amides is 1. The van der Waals surface area contributed by atoms with Crippen LogP contribution in [-0.4, -0.2) is 48.6 Å². The maximum Gasteiger partial charge on any atom is 0.272 e. The number of hydrogen-bond donors (Lipinski definition) is 1. The minimum atomic E-state index is -0.00691. The molecular weight excluding hydrogens is 242 g/mol. The third kappa shape index (κ3) is 3.92. The van der Waals surface area contributed by atoms with Crippen molar-refractivity contribution in [1.82, 2.24) is 9.88 Å². The number of nitrogens with zero attached hydrogens (tertiary/aromatic N) is 2. The molecule has 1 aliphatic rings. The molecule has 5 heteroatoms. The normalized spacial score (nSPS) is 15.9. The molecule has 2 heterocycles. The van der Waals surface area contributed by atoms with Gasteiger partial charge in [-0.3, -0.25) is 4.79 Å². The van der Waals surface area contributed by atoms with Crippen LogP contribution >= 0.6 is 0 Å². The summed E-state index contributed by atoms with van der Waals surface area (Å²) in [7, 11) is 0. The standard InChI is InChI=1S/C14H21N3O2/c1-2-6-15-12-4-5-13(16-11-12)14(18)17-7-3-9-19-10-8-17/h4-5,11,15H,2-3,6-10H2,1H3. The fourth-order valence-corrected chi connectivity index (χ4v) is 2.01. The highest BCUT2D eigenvalue weighted by atomic mass is 16.5. The zero-order valence-electron chi connectivity index (χ0n) is 11.4. The highest BCUT2D eigenvalue weighted by molar-refractivity contribution is 5.92. The van der Waals surface area contributed by atoms with Crippen LogP contribution in [0.1, 0.15) is 30.3 Å². The maximum absolute atomic E-state index is 12.3. The molecule has 0 unspecified atom stereocenters. The van der Waals surface area contributed by atoms with Crippen LogP contribution in [0.4, 0.5) is 5.69 Å². The maximum atomic E-state index is 12.3. The van der Waals surface area contributed by atoms with E-state index in [4.69, 9.17) is 4.74 Å². The van der Waals surface area contributed by atoms with Crippen LogP contribution in [0.5, 0.6) is 0 Å². The summed E-state index contributed by atoms with van der Waals surface area (Å²) in [5.41, 5.74) is 1.46. The number of aromatic nitrogens is 1. The molecular formula is C14H21N3O2. The minimum Gasteiger partial charge on any atom is -0.384 e. The largest absolute Gasteiger partial charge is 0.384 e. The van der Waals surface area contributed by atoms with Crippen molar-refractivity contribution in [2.75, 3.05) is 38.2 Å². The Morgan fingerprint density at radius 2 is 2.32 bits per heavy atom. The fraction of sp³-hybridized carbons (Fsp3) is 0.571. The van der Waals surface area contributed by atoms with E-state index in [9.17, 15) is 4.79 Å². The number of rotatable bonds is 4. The average molecular weight is 263 g/mol. The quantitative estimate of drug-likeness (QED) is 0.899. The molecule has 1 aliphatic heterocycles. The van der Waals surface area contributed by atoms with Gasteiger partial charge in [-0.05, 0) is 25.0 Å². The highest BCUT2D eigenvalue weighted by Gasteiger charge is 2.18. The van der Waals surface area contributed by atoms with Crippen LogP contribution in [0.2, 0.25) is 0 Å². The number of hydrogen-bond acceptors (Lipinski definition) is 4. The predicted molar refractivity (Wildman–Crippen MR) is 74.4 cm³/mol. The zero-order valence-corrected chi connectivity index (χ0v) is 11.4. The summed E-state index contributed by atoms with van der Waals surface area (Å²) >= 11 is 0. The number of carbonyl (C=O) groups excluding carboxylic acids is 1. The molecule has 5 nitrogen and oxygen atoms in total. The lowest BCUT2D eigenvalue weighted by atomic mass is 10.2. The molecule has 0 radical (unpaired) electrons. The Hall–Kier alpha value is -1.62. The molecule has 1 fully saturated rings. The van der Waals surface area contributed by atoms with Crippen LogP contribution in [0, 0.1) is 0 Å². The molecule has 0 saturated carbocycles. The van der Waals surface area contributed by atoms with Crippen LogP contribution < -0.4 is 5.32 Å². The first kappa shape index (κ1) is 13.8. The van der Waals surface area contributed by atoms with E-state index in [2.05, 4.69) is 17.2 Å². The summed E-state index contributed by atoms with van der Waals surface area (Å²) in [5, 5.41) is 3.24. The van der Waals surface area contributed by atoms with Crippen molar-refractivity contribution in [2.45, 2.75) is 19.8 Å². The van der Waals surface area contributed by atoms with E-state index in [0.717, 1.165) is 38.2 Å². The fourth-order valence-electron chi connectivity index (χ4n) is 2.01. The first-order chi connectivity index (χ1) is 9.31. The van der Waals surface area contributed by atoms with Gasteiger partial charge in [0.1, 0.15) is 5.69 Å². The monoisotopic (exact) mass is 263 g/mol. The molecule has 1 aromatic rings. The van der Waals surface area contributed by atoms with Gasteiger partial charge in [0.15, 0.2) is 0 Å². The van der Waals surface area contributed by atoms with Gasteiger partial charge in [-0.15, -0.1) is 0 Å². The molecule has 0 aliphatic carbocycles. The minimum absolute atomic E-state index is 0.00691. The van der Waals surface area contributed by atoms with Gasteiger partial charge in [0.05, 0.1) is 18.5 Å². The average Bonchev–Trinajstić information content (AvgIpc) is 2.74. The van der Waals surface area contributed by atoms with Crippen molar-refractivity contribution in [1.29, 1.82) is 0 Å². The summed E-state index contributed by atoms with van der Waals surface area (Å²) in [4.78, 5) is 18.3. The number of nitrogens with one attached hydrogen (secondary N) is 1. The third-order valence-electron chi connectivity index (χ3n) is 3.07. The van der Waals surface area contributed by atoms with Crippen molar-refractivity contribution >= 4 is 11.6 Å². The van der Waals surface area contributed by atoms with Crippen LogP contribution in [0.3, 0.4) is 0 Å². The number of ether oxygens (including phenoxy) is 1. The van der Waals surface area contributed by atoms with Gasteiger partial charge in [-0.2, -0.15) is 0 Å². The van der Waals surface area contributed by atoms with Crippen molar-refractivity contribution in [3.63, 3.8) is 0 Å². The molecule has 19 heavy (non-hydrogen) atoms. The molecule has 1 amide bonds. The molecule has 0 aromatic carbocycles. The van der Waals surface area contributed by atoms with E-state index in [-0.39, 0.29) is 5.91 Å². The van der Waals surface area contributed by atoms with Crippen LogP contribution in [-0.2, 0) is 4.74 Å². The summed E-state index contributed by atoms with van der Waals surface area (Å²) in [6, 6.07) is 3.69. The molecule has 0 atom stereocenters. The van der Waals surface area contributed by atoms with E-state index in [1.165, 1.54) is 0 Å². The Bertz CT molecular complexity index is 398. The van der Waals surface area contributed by atoms with E-state index < -0.39 is 0 Å². The summed E-state index contributed by atoms with van der Waals surface area (Å²) < 4.78 is 5.35. The van der Waals surface area contributed by atoms with Gasteiger partial charge in [0.2, 0.25) is 0 Å². The summed E-state index contributed by atoms with van der Waals surface area (Å²) in [6.07, 6.45) is 3.67. The van der Waals surface area contributed by atoms with E-state index in [1.807, 2.05) is 11.0 Å². The van der Waals surface area contributed by atoms with Crippen molar-refractivity contribution in [3.8, 4) is 0 Å². The van der Waals surface area contributed by atoms with Gasteiger partial charge >= 0.3 is 0 Å². The Balaban J connectivity index is 1.98. The molecule has 0 bridgehead atoms. The topological polar surface area (TPSA) is 54.5 Å². The van der Waals surface area contributed by atoms with E-state index >= 15 is 0 Å². The second-order valence-electron chi connectivity index (χ2n) is 4.62. The van der Waals surface area contributed by atoms with Crippen LogP contribution in [0.25, 0.3) is 0 Å². The molecule has 1 aromatic heterocycles. The Kier molecular flexibility index (Phi) is 5.15. The smallest absolute Gasteiger partial charge is 0.272 e. The lowest BCUT2D eigenvalue weighted by molar-refractivity contribution is 0.0735. The Labute approximate surface area is 114 Å². The summed E-state index contributed by atoms with van der Waals surface area (Å²) in [6.45, 7) is 5.77. The van der Waals surface area contributed by atoms with Crippen LogP contribution in [0.15, 0.2) is 18.3 Å². The Morgan fingerprint density at radius 3 is 3.05 bits per heavy atom. The van der Waals surface area contributed by atoms with E-state index in [1.54, 1.807) is 12.3 Å². The van der Waals surface area contributed by atoms with Gasteiger partial charge in [0, 0.05) is 26.2 Å². The second-order valence-corrected chi connectivity index (χ2v) is 4.62. The first-order valence-electron chi connectivity index (χ1n) is 6.88. The van der Waals surface area contributed by atoms with Gasteiger partial charge < -0.3 is 15.0 Å². The lowest BCUT2D eigenvalue weighted by Gasteiger charge is -2.19. The van der Waals surface area contributed by atoms with E-state index in [0.29, 0.717) is 18.8 Å². The summed E-state index contributed by atoms with van der Waals surface area (Å²) in [5.74, 6) is -0.00691. The van der Waals surface area contributed by atoms with Crippen molar-refractivity contribution in [2.24, 2.45) is 0 Å². The van der Waals surface area contributed by atoms with Gasteiger partial charge in [-0.1, -0.05) is 6.92 Å². The number of pyridine rings is 1. The Morgan fingerprint density at radius 1 is 1.42 bits per heavy atom. The number of anilines is 1. The molecule has 1 saturated heterocycles. The molecule has 104 valence electrons. The number of carbonyl (C=O) groups is 1. The zero-order chi connectivity index (χ0) is 13.5. The van der Waals surface area contributed by atoms with Crippen molar-refractivity contribution in [3.05, 3.63) is 24.0 Å². The van der Waals surface area contributed by atoms with Gasteiger partial charge in [-0.25, -0.2) is 4.98 Å². The third-order valence-corrected chi connectivity index (χ3v) is 3.07. The molecule has 1 N–H and O–H groups in total. The lowest BCUT2D eigenvalue weighted by Crippen LogP contribution is -2.33. The first-order valence-corrected chi connectivity index (χ1v) is 6.88. The predicted octanol–water partition coefficient (Wildman–Crippen LogP) is 1.77. The van der Waals surface area contributed by atoms with Gasteiger partial charge in [0.25, 0.3) is 5.91 Å².